The highest BCUT2D eigenvalue weighted by Crippen LogP contribution is 2.31. The third-order valence-electron chi connectivity index (χ3n) is 4.81. The van der Waals surface area contributed by atoms with Gasteiger partial charge in [0.25, 0.3) is 0 Å². The first-order chi connectivity index (χ1) is 9.15. The molecule has 1 aromatic rings. The fourth-order valence-electron chi connectivity index (χ4n) is 3.71. The summed E-state index contributed by atoms with van der Waals surface area (Å²) in [5.41, 5.74) is 1.10. The van der Waals surface area contributed by atoms with E-state index in [2.05, 4.69) is 23.6 Å². The van der Waals surface area contributed by atoms with Crippen LogP contribution in [-0.2, 0) is 0 Å². The van der Waals surface area contributed by atoms with Crippen LogP contribution >= 0.6 is 0 Å². The molecule has 0 saturated carbocycles. The van der Waals surface area contributed by atoms with Crippen LogP contribution in [0.2, 0.25) is 0 Å². The Hall–Kier alpha value is -0.930. The first-order valence-electron chi connectivity index (χ1n) is 7.40. The zero-order valence-electron chi connectivity index (χ0n) is 11.8. The first kappa shape index (κ1) is 13.1. The summed E-state index contributed by atoms with van der Waals surface area (Å²) in [6.45, 7) is 8.04. The van der Waals surface area contributed by atoms with Gasteiger partial charge in [-0.2, -0.15) is 0 Å². The average molecular weight is 262 g/mol. The maximum absolute atomic E-state index is 13.4. The number of nitrogens with zero attached hydrogens (tertiary/aromatic N) is 2. The standard InChI is InChI=1S/C16H23FN2/c1-12-10-18-8-4-7-16(18)11-19(12)13(2)14-5-3-6-15(17)9-14/h3,5-6,9,12-13,16H,4,7-8,10-11H2,1-2H3. The van der Waals surface area contributed by atoms with Gasteiger partial charge in [-0.1, -0.05) is 12.1 Å². The minimum Gasteiger partial charge on any atom is -0.298 e. The summed E-state index contributed by atoms with van der Waals surface area (Å²) < 4.78 is 13.4. The Bertz CT molecular complexity index is 448. The Morgan fingerprint density at radius 3 is 2.95 bits per heavy atom. The van der Waals surface area contributed by atoms with E-state index >= 15 is 0 Å². The molecule has 0 bridgehead atoms. The molecule has 2 aliphatic heterocycles. The molecule has 0 radical (unpaired) electrons. The van der Waals surface area contributed by atoms with E-state index in [0.29, 0.717) is 18.1 Å². The third-order valence-corrected chi connectivity index (χ3v) is 4.81. The Balaban J connectivity index is 1.77. The summed E-state index contributed by atoms with van der Waals surface area (Å²) in [5.74, 6) is -0.128. The molecule has 0 amide bonds. The average Bonchev–Trinajstić information content (AvgIpc) is 2.84. The number of hydrogen-bond acceptors (Lipinski definition) is 2. The molecule has 104 valence electrons. The molecule has 2 nitrogen and oxygen atoms in total. The lowest BCUT2D eigenvalue weighted by Gasteiger charge is -2.45. The van der Waals surface area contributed by atoms with E-state index in [9.17, 15) is 4.39 Å². The second kappa shape index (κ2) is 5.22. The van der Waals surface area contributed by atoms with Gasteiger partial charge in [0.1, 0.15) is 5.82 Å². The fourth-order valence-corrected chi connectivity index (χ4v) is 3.71. The van der Waals surface area contributed by atoms with E-state index in [0.717, 1.165) is 18.7 Å². The van der Waals surface area contributed by atoms with Gasteiger partial charge in [0.15, 0.2) is 0 Å². The van der Waals surface area contributed by atoms with E-state index in [1.807, 2.05) is 12.1 Å². The van der Waals surface area contributed by atoms with Gasteiger partial charge in [0, 0.05) is 31.2 Å². The highest BCUT2D eigenvalue weighted by Gasteiger charge is 2.36. The van der Waals surface area contributed by atoms with Crippen LogP contribution in [0.1, 0.15) is 38.3 Å². The van der Waals surface area contributed by atoms with E-state index in [4.69, 9.17) is 0 Å². The predicted octanol–water partition coefficient (Wildman–Crippen LogP) is 3.06. The number of piperazine rings is 1. The minimum atomic E-state index is -0.128. The molecule has 1 aromatic carbocycles. The third kappa shape index (κ3) is 2.54. The number of fused-ring (bicyclic) bond motifs is 1. The molecule has 0 N–H and O–H groups in total. The summed E-state index contributed by atoms with van der Waals surface area (Å²) in [6.07, 6.45) is 2.65. The molecule has 2 aliphatic rings. The van der Waals surface area contributed by atoms with E-state index in [-0.39, 0.29) is 5.82 Å². The molecular weight excluding hydrogens is 239 g/mol. The van der Waals surface area contributed by atoms with Crippen LogP contribution in [0, 0.1) is 5.82 Å². The zero-order valence-corrected chi connectivity index (χ0v) is 11.8. The first-order valence-corrected chi connectivity index (χ1v) is 7.40. The molecule has 2 heterocycles. The largest absolute Gasteiger partial charge is 0.298 e. The van der Waals surface area contributed by atoms with Gasteiger partial charge < -0.3 is 0 Å². The van der Waals surface area contributed by atoms with Crippen LogP contribution in [-0.4, -0.2) is 41.5 Å². The maximum Gasteiger partial charge on any atom is 0.123 e. The lowest BCUT2D eigenvalue weighted by Crippen LogP contribution is -2.55. The topological polar surface area (TPSA) is 6.48 Å². The molecule has 2 fully saturated rings. The number of rotatable bonds is 2. The molecule has 3 rings (SSSR count). The monoisotopic (exact) mass is 262 g/mol. The van der Waals surface area contributed by atoms with E-state index in [1.165, 1.54) is 25.5 Å². The summed E-state index contributed by atoms with van der Waals surface area (Å²) >= 11 is 0. The molecule has 0 aromatic heterocycles. The van der Waals surface area contributed by atoms with E-state index in [1.54, 1.807) is 6.07 Å². The number of benzene rings is 1. The van der Waals surface area contributed by atoms with Crippen molar-refractivity contribution in [3.63, 3.8) is 0 Å². The van der Waals surface area contributed by atoms with E-state index < -0.39 is 0 Å². The lowest BCUT2D eigenvalue weighted by molar-refractivity contribution is 0.0325. The Labute approximate surface area is 115 Å². The van der Waals surface area contributed by atoms with Crippen molar-refractivity contribution in [3.8, 4) is 0 Å². The Kier molecular flexibility index (Phi) is 3.59. The van der Waals surface area contributed by atoms with Crippen LogP contribution in [0.25, 0.3) is 0 Å². The predicted molar refractivity (Wildman–Crippen MR) is 75.6 cm³/mol. The van der Waals surface area contributed by atoms with Crippen molar-refractivity contribution in [2.75, 3.05) is 19.6 Å². The SMILES string of the molecule is CC1CN2CCCC2CN1C(C)c1cccc(F)c1. The fraction of sp³-hybridized carbons (Fsp3) is 0.625. The minimum absolute atomic E-state index is 0.128. The summed E-state index contributed by atoms with van der Waals surface area (Å²) in [6, 6.07) is 8.62. The molecule has 3 unspecified atom stereocenters. The molecule has 0 spiro atoms. The highest BCUT2D eigenvalue weighted by molar-refractivity contribution is 5.20. The van der Waals surface area contributed by atoms with Crippen LogP contribution in [0.5, 0.6) is 0 Å². The summed E-state index contributed by atoms with van der Waals surface area (Å²) in [4.78, 5) is 5.17. The van der Waals surface area contributed by atoms with Gasteiger partial charge in [-0.25, -0.2) is 4.39 Å². The molecule has 3 atom stereocenters. The maximum atomic E-state index is 13.4. The van der Waals surface area contributed by atoms with Gasteiger partial charge in [0.05, 0.1) is 0 Å². The van der Waals surface area contributed by atoms with Gasteiger partial charge in [-0.15, -0.1) is 0 Å². The quantitative estimate of drug-likeness (QED) is 0.808. The van der Waals surface area contributed by atoms with Gasteiger partial charge in [-0.3, -0.25) is 9.80 Å². The highest BCUT2D eigenvalue weighted by atomic mass is 19.1. The second-order valence-corrected chi connectivity index (χ2v) is 6.07. The smallest absolute Gasteiger partial charge is 0.123 e. The second-order valence-electron chi connectivity index (χ2n) is 6.07. The molecule has 19 heavy (non-hydrogen) atoms. The summed E-state index contributed by atoms with van der Waals surface area (Å²) in [5, 5.41) is 0. The normalized spacial score (nSPS) is 30.3. The van der Waals surface area contributed by atoms with Crippen molar-refractivity contribution in [1.29, 1.82) is 0 Å². The summed E-state index contributed by atoms with van der Waals surface area (Å²) in [7, 11) is 0. The molecule has 2 saturated heterocycles. The van der Waals surface area contributed by atoms with Crippen molar-refractivity contribution in [1.82, 2.24) is 9.80 Å². The van der Waals surface area contributed by atoms with Crippen molar-refractivity contribution in [2.24, 2.45) is 0 Å². The Morgan fingerprint density at radius 1 is 1.32 bits per heavy atom. The van der Waals surface area contributed by atoms with Crippen LogP contribution in [0.4, 0.5) is 4.39 Å². The van der Waals surface area contributed by atoms with Crippen LogP contribution in [0.3, 0.4) is 0 Å². The lowest BCUT2D eigenvalue weighted by atomic mass is 10.0. The zero-order chi connectivity index (χ0) is 13.4. The van der Waals surface area contributed by atoms with Crippen molar-refractivity contribution in [2.45, 2.75) is 44.8 Å². The molecular formula is C16H23FN2. The van der Waals surface area contributed by atoms with Gasteiger partial charge >= 0.3 is 0 Å². The van der Waals surface area contributed by atoms with Crippen molar-refractivity contribution >= 4 is 0 Å². The van der Waals surface area contributed by atoms with Crippen molar-refractivity contribution in [3.05, 3.63) is 35.6 Å². The van der Waals surface area contributed by atoms with Crippen LogP contribution < -0.4 is 0 Å². The van der Waals surface area contributed by atoms with Crippen molar-refractivity contribution < 1.29 is 4.39 Å². The van der Waals surface area contributed by atoms with Crippen LogP contribution in [0.15, 0.2) is 24.3 Å². The molecule has 3 heteroatoms. The molecule has 0 aliphatic carbocycles. The Morgan fingerprint density at radius 2 is 2.16 bits per heavy atom. The number of halogens is 1. The van der Waals surface area contributed by atoms with Gasteiger partial charge in [0.2, 0.25) is 0 Å². The number of hydrogen-bond donors (Lipinski definition) is 0. The van der Waals surface area contributed by atoms with Gasteiger partial charge in [-0.05, 0) is 50.9 Å².